The highest BCUT2D eigenvalue weighted by Crippen LogP contribution is 2.31. The van der Waals surface area contributed by atoms with Gasteiger partial charge < -0.3 is 5.11 Å². The molecule has 1 atom stereocenters. The van der Waals surface area contributed by atoms with Crippen LogP contribution >= 0.6 is 0 Å². The Balaban J connectivity index is 2.65. The molecular weight excluding hydrogens is 268 g/mol. The number of carbonyl (C=O) groups excluding carboxylic acids is 2. The summed E-state index contributed by atoms with van der Waals surface area (Å²) in [6.07, 6.45) is 3.35. The lowest BCUT2D eigenvalue weighted by molar-refractivity contribution is -0.137. The van der Waals surface area contributed by atoms with Crippen molar-refractivity contribution in [3.05, 3.63) is 22.3 Å². The van der Waals surface area contributed by atoms with E-state index in [1.54, 1.807) is 20.8 Å². The van der Waals surface area contributed by atoms with Crippen LogP contribution in [0.25, 0.3) is 0 Å². The number of hydrogen-bond donors (Lipinski definition) is 1. The van der Waals surface area contributed by atoms with Crippen LogP contribution < -0.4 is 0 Å². The first-order valence-electron chi connectivity index (χ1n) is 7.46. The number of allylic oxidation sites excluding steroid dienone is 4. The average Bonchev–Trinajstić information content (AvgIpc) is 2.42. The van der Waals surface area contributed by atoms with Gasteiger partial charge in [-0.25, -0.2) is 0 Å². The lowest BCUT2D eigenvalue weighted by atomic mass is 9.79. The molecule has 116 valence electrons. The summed E-state index contributed by atoms with van der Waals surface area (Å²) in [5.74, 6) is -0.775. The molecule has 0 aliphatic heterocycles. The van der Waals surface area contributed by atoms with Crippen molar-refractivity contribution in [1.82, 2.24) is 0 Å². The Hall–Kier alpha value is -1.71. The Kier molecular flexibility index (Phi) is 6.06. The van der Waals surface area contributed by atoms with Crippen molar-refractivity contribution in [3.63, 3.8) is 0 Å². The molecule has 0 saturated heterocycles. The van der Waals surface area contributed by atoms with Gasteiger partial charge in [-0.1, -0.05) is 19.8 Å². The van der Waals surface area contributed by atoms with Crippen molar-refractivity contribution in [2.24, 2.45) is 5.92 Å². The minimum absolute atomic E-state index is 0.0114. The second-order valence-corrected chi connectivity index (χ2v) is 5.84. The van der Waals surface area contributed by atoms with Crippen molar-refractivity contribution < 1.29 is 19.5 Å². The molecule has 0 saturated carbocycles. The molecule has 0 amide bonds. The summed E-state index contributed by atoms with van der Waals surface area (Å²) in [4.78, 5) is 34.9. The number of Topliss-reactive ketones (excluding diaryl/α,β-unsaturated/α-hetero) is 2. The molecule has 21 heavy (non-hydrogen) atoms. The van der Waals surface area contributed by atoms with E-state index in [4.69, 9.17) is 5.11 Å². The highest BCUT2D eigenvalue weighted by molar-refractivity contribution is 6.24. The van der Waals surface area contributed by atoms with E-state index >= 15 is 0 Å². The molecule has 0 aromatic carbocycles. The average molecular weight is 292 g/mol. The molecule has 0 spiro atoms. The maximum Gasteiger partial charge on any atom is 0.303 e. The van der Waals surface area contributed by atoms with Crippen LogP contribution in [0.1, 0.15) is 59.8 Å². The Labute approximate surface area is 125 Å². The first kappa shape index (κ1) is 17.3. The number of hydrogen-bond acceptors (Lipinski definition) is 3. The maximum absolute atomic E-state index is 12.4. The molecular formula is C17H24O4. The Morgan fingerprint density at radius 2 is 1.52 bits per heavy atom. The zero-order valence-corrected chi connectivity index (χ0v) is 13.3. The van der Waals surface area contributed by atoms with Gasteiger partial charge in [-0.15, -0.1) is 0 Å². The summed E-state index contributed by atoms with van der Waals surface area (Å²) in [7, 11) is 0. The maximum atomic E-state index is 12.4. The fourth-order valence-electron chi connectivity index (χ4n) is 2.76. The predicted molar refractivity (Wildman–Crippen MR) is 81.0 cm³/mol. The van der Waals surface area contributed by atoms with Crippen LogP contribution in [0, 0.1) is 5.92 Å². The third-order valence-electron chi connectivity index (χ3n) is 4.25. The van der Waals surface area contributed by atoms with Gasteiger partial charge in [0.2, 0.25) is 0 Å². The number of carbonyl (C=O) groups is 3. The largest absolute Gasteiger partial charge is 0.481 e. The predicted octanol–water partition coefficient (Wildman–Crippen LogP) is 3.46. The second kappa shape index (κ2) is 7.34. The van der Waals surface area contributed by atoms with Gasteiger partial charge in [0, 0.05) is 28.7 Å². The van der Waals surface area contributed by atoms with Crippen molar-refractivity contribution >= 4 is 17.5 Å². The summed E-state index contributed by atoms with van der Waals surface area (Å²) in [5, 5.41) is 8.58. The molecule has 1 N–H and O–H groups in total. The zero-order chi connectivity index (χ0) is 16.2. The van der Waals surface area contributed by atoms with Gasteiger partial charge in [-0.2, -0.15) is 0 Å². The number of rotatable bonds is 7. The highest BCUT2D eigenvalue weighted by atomic mass is 16.4. The molecule has 1 aliphatic rings. The fraction of sp³-hybridized carbons (Fsp3) is 0.588. The van der Waals surface area contributed by atoms with E-state index in [9.17, 15) is 14.4 Å². The number of carboxylic acid groups (broad SMARTS) is 1. The Morgan fingerprint density at radius 3 is 2.10 bits per heavy atom. The fourth-order valence-corrected chi connectivity index (χ4v) is 2.76. The number of aliphatic carboxylic acids is 1. The molecule has 0 radical (unpaired) electrons. The normalized spacial score (nSPS) is 17.5. The number of unbranched alkanes of at least 4 members (excludes halogenated alkanes) is 2. The smallest absolute Gasteiger partial charge is 0.303 e. The zero-order valence-electron chi connectivity index (χ0n) is 13.3. The van der Waals surface area contributed by atoms with E-state index in [0.29, 0.717) is 28.7 Å². The first-order valence-corrected chi connectivity index (χ1v) is 7.46. The molecule has 4 nitrogen and oxygen atoms in total. The van der Waals surface area contributed by atoms with Gasteiger partial charge in [-0.05, 0) is 39.5 Å². The summed E-state index contributed by atoms with van der Waals surface area (Å²) in [6, 6.07) is 0. The lowest BCUT2D eigenvalue weighted by Crippen LogP contribution is -2.24. The van der Waals surface area contributed by atoms with E-state index in [0.717, 1.165) is 19.3 Å². The molecule has 1 unspecified atom stereocenters. The first-order chi connectivity index (χ1) is 9.77. The van der Waals surface area contributed by atoms with Crippen LogP contribution in [0.5, 0.6) is 0 Å². The topological polar surface area (TPSA) is 71.4 Å². The molecule has 1 aliphatic carbocycles. The van der Waals surface area contributed by atoms with Crippen molar-refractivity contribution in [1.29, 1.82) is 0 Å². The monoisotopic (exact) mass is 292 g/mol. The van der Waals surface area contributed by atoms with E-state index in [1.165, 1.54) is 0 Å². The molecule has 0 bridgehead atoms. The molecule has 0 aromatic heterocycles. The van der Waals surface area contributed by atoms with Crippen molar-refractivity contribution in [2.75, 3.05) is 0 Å². The van der Waals surface area contributed by atoms with Gasteiger partial charge in [-0.3, -0.25) is 14.4 Å². The van der Waals surface area contributed by atoms with E-state index in [-0.39, 0.29) is 23.9 Å². The molecule has 0 aromatic rings. The van der Waals surface area contributed by atoms with Crippen molar-refractivity contribution in [2.45, 2.75) is 59.8 Å². The van der Waals surface area contributed by atoms with E-state index < -0.39 is 5.97 Å². The lowest BCUT2D eigenvalue weighted by Gasteiger charge is -2.23. The summed E-state index contributed by atoms with van der Waals surface area (Å²) < 4.78 is 0. The van der Waals surface area contributed by atoms with Gasteiger partial charge in [0.25, 0.3) is 0 Å². The second-order valence-electron chi connectivity index (χ2n) is 5.84. The van der Waals surface area contributed by atoms with Crippen LogP contribution in [0.4, 0.5) is 0 Å². The standard InChI is InChI=1S/C17H24O4/c1-10(8-6-5-7-9-14(18)19)15-13(4)16(20)11(2)12(3)17(15)21/h10H,5-9H2,1-4H3,(H,18,19). The third-order valence-corrected chi connectivity index (χ3v) is 4.25. The van der Waals surface area contributed by atoms with Crippen LogP contribution in [0.15, 0.2) is 22.3 Å². The van der Waals surface area contributed by atoms with Crippen molar-refractivity contribution in [3.8, 4) is 0 Å². The minimum atomic E-state index is -0.772. The van der Waals surface area contributed by atoms with Gasteiger partial charge >= 0.3 is 5.97 Å². The van der Waals surface area contributed by atoms with Gasteiger partial charge in [0.1, 0.15) is 0 Å². The summed E-state index contributed by atoms with van der Waals surface area (Å²) in [6.45, 7) is 7.11. The Bertz CT molecular complexity index is 523. The molecule has 4 heteroatoms. The third kappa shape index (κ3) is 4.13. The van der Waals surface area contributed by atoms with Crippen LogP contribution in [-0.4, -0.2) is 22.6 Å². The van der Waals surface area contributed by atoms with Crippen LogP contribution in [0.2, 0.25) is 0 Å². The molecule has 0 heterocycles. The Morgan fingerprint density at radius 1 is 0.952 bits per heavy atom. The number of ketones is 2. The summed E-state index contributed by atoms with van der Waals surface area (Å²) >= 11 is 0. The van der Waals surface area contributed by atoms with Gasteiger partial charge in [0.05, 0.1) is 0 Å². The van der Waals surface area contributed by atoms with Crippen LogP contribution in [0.3, 0.4) is 0 Å². The van der Waals surface area contributed by atoms with Crippen LogP contribution in [-0.2, 0) is 14.4 Å². The minimum Gasteiger partial charge on any atom is -0.481 e. The van der Waals surface area contributed by atoms with Gasteiger partial charge in [0.15, 0.2) is 11.6 Å². The summed E-state index contributed by atoms with van der Waals surface area (Å²) in [5.41, 5.74) is 2.32. The molecule has 0 fully saturated rings. The SMILES string of the molecule is CC1=C(C)C(=O)C(C(C)CCCCCC(=O)O)=C(C)C1=O. The number of carboxylic acids is 1. The van der Waals surface area contributed by atoms with E-state index in [2.05, 4.69) is 0 Å². The quantitative estimate of drug-likeness (QED) is 0.576. The molecule has 1 rings (SSSR count). The highest BCUT2D eigenvalue weighted by Gasteiger charge is 2.30. The van der Waals surface area contributed by atoms with E-state index in [1.807, 2.05) is 6.92 Å².